The summed E-state index contributed by atoms with van der Waals surface area (Å²) in [7, 11) is 0. The predicted molar refractivity (Wildman–Crippen MR) is 76.0 cm³/mol. The molecule has 19 heavy (non-hydrogen) atoms. The van der Waals surface area contributed by atoms with E-state index >= 15 is 0 Å². The van der Waals surface area contributed by atoms with Gasteiger partial charge in [0, 0.05) is 17.8 Å². The number of anilines is 1. The topological polar surface area (TPSA) is 68.0 Å². The number of benzene rings is 1. The number of amides is 1. The Morgan fingerprint density at radius 1 is 1.16 bits per heavy atom. The number of carbonyl (C=O) groups is 1. The third kappa shape index (κ3) is 3.31. The second-order valence-electron chi connectivity index (χ2n) is 4.50. The van der Waals surface area contributed by atoms with Crippen LogP contribution in [0.4, 0.5) is 5.69 Å². The second kappa shape index (κ2) is 5.52. The van der Waals surface area contributed by atoms with Crippen LogP contribution < -0.4 is 11.1 Å². The van der Waals surface area contributed by atoms with Gasteiger partial charge in [-0.05, 0) is 43.7 Å². The van der Waals surface area contributed by atoms with Crippen molar-refractivity contribution in [1.82, 2.24) is 4.98 Å². The molecule has 0 saturated carbocycles. The Morgan fingerprint density at radius 3 is 2.42 bits per heavy atom. The lowest BCUT2D eigenvalue weighted by Crippen LogP contribution is -2.11. The van der Waals surface area contributed by atoms with Gasteiger partial charge in [0.2, 0.25) is 5.91 Å². The van der Waals surface area contributed by atoms with Crippen molar-refractivity contribution in [2.75, 3.05) is 5.32 Å². The number of primary amides is 1. The van der Waals surface area contributed by atoms with Crippen LogP contribution in [0, 0.1) is 13.8 Å². The molecule has 1 aromatic heterocycles. The molecule has 0 aliphatic heterocycles. The van der Waals surface area contributed by atoms with Crippen LogP contribution in [0.2, 0.25) is 0 Å². The number of aromatic nitrogens is 1. The van der Waals surface area contributed by atoms with E-state index in [1.807, 2.05) is 38.1 Å². The lowest BCUT2D eigenvalue weighted by molar-refractivity contribution is 0.100. The molecule has 0 saturated heterocycles. The SMILES string of the molecule is Cc1ccc(NCc2ccc(C(N)=O)cc2)c(C)n1. The first kappa shape index (κ1) is 13.1. The van der Waals surface area contributed by atoms with Crippen LogP contribution in [0.5, 0.6) is 0 Å². The average Bonchev–Trinajstić information content (AvgIpc) is 2.38. The summed E-state index contributed by atoms with van der Waals surface area (Å²) in [6.07, 6.45) is 0. The van der Waals surface area contributed by atoms with Crippen molar-refractivity contribution in [1.29, 1.82) is 0 Å². The standard InChI is InChI=1S/C15H17N3O/c1-10-3-8-14(11(2)18-10)17-9-12-4-6-13(7-5-12)15(16)19/h3-8,17H,9H2,1-2H3,(H2,16,19). The molecule has 0 unspecified atom stereocenters. The van der Waals surface area contributed by atoms with Gasteiger partial charge in [0.15, 0.2) is 0 Å². The number of aryl methyl sites for hydroxylation is 2. The van der Waals surface area contributed by atoms with Crippen molar-refractivity contribution in [3.05, 3.63) is 58.9 Å². The van der Waals surface area contributed by atoms with Crippen molar-refractivity contribution in [3.8, 4) is 0 Å². The number of nitrogens with one attached hydrogen (secondary N) is 1. The zero-order chi connectivity index (χ0) is 13.8. The summed E-state index contributed by atoms with van der Waals surface area (Å²) in [6, 6.07) is 11.3. The minimum absolute atomic E-state index is 0.405. The van der Waals surface area contributed by atoms with E-state index in [1.165, 1.54) is 0 Å². The van der Waals surface area contributed by atoms with Crippen LogP contribution in [-0.4, -0.2) is 10.9 Å². The Balaban J connectivity index is 2.04. The van der Waals surface area contributed by atoms with Crippen LogP contribution in [0.1, 0.15) is 27.3 Å². The summed E-state index contributed by atoms with van der Waals surface area (Å²) >= 11 is 0. The van der Waals surface area contributed by atoms with E-state index < -0.39 is 5.91 Å². The maximum absolute atomic E-state index is 11.0. The van der Waals surface area contributed by atoms with Gasteiger partial charge in [-0.2, -0.15) is 0 Å². The fourth-order valence-corrected chi connectivity index (χ4v) is 1.86. The van der Waals surface area contributed by atoms with Gasteiger partial charge in [0.25, 0.3) is 0 Å². The summed E-state index contributed by atoms with van der Waals surface area (Å²) in [5, 5.41) is 3.33. The summed E-state index contributed by atoms with van der Waals surface area (Å²) < 4.78 is 0. The third-order valence-corrected chi connectivity index (χ3v) is 2.95. The minimum Gasteiger partial charge on any atom is -0.380 e. The van der Waals surface area contributed by atoms with Gasteiger partial charge in [-0.15, -0.1) is 0 Å². The van der Waals surface area contributed by atoms with Crippen molar-refractivity contribution in [3.63, 3.8) is 0 Å². The van der Waals surface area contributed by atoms with Crippen molar-refractivity contribution >= 4 is 11.6 Å². The molecule has 0 fully saturated rings. The molecule has 0 bridgehead atoms. The number of hydrogen-bond donors (Lipinski definition) is 2. The minimum atomic E-state index is -0.405. The molecule has 1 heterocycles. The Hall–Kier alpha value is -2.36. The van der Waals surface area contributed by atoms with Crippen molar-refractivity contribution in [2.24, 2.45) is 5.73 Å². The highest BCUT2D eigenvalue weighted by Gasteiger charge is 2.02. The summed E-state index contributed by atoms with van der Waals surface area (Å²) in [5.74, 6) is -0.405. The van der Waals surface area contributed by atoms with Gasteiger partial charge < -0.3 is 11.1 Å². The van der Waals surface area contributed by atoms with Gasteiger partial charge >= 0.3 is 0 Å². The number of nitrogens with two attached hydrogens (primary N) is 1. The zero-order valence-electron chi connectivity index (χ0n) is 11.1. The highest BCUT2D eigenvalue weighted by molar-refractivity contribution is 5.92. The van der Waals surface area contributed by atoms with E-state index in [2.05, 4.69) is 10.3 Å². The molecule has 0 aliphatic rings. The van der Waals surface area contributed by atoms with Crippen LogP contribution >= 0.6 is 0 Å². The molecule has 4 nitrogen and oxygen atoms in total. The number of pyridine rings is 1. The Morgan fingerprint density at radius 2 is 1.84 bits per heavy atom. The van der Waals surface area contributed by atoms with Gasteiger partial charge in [-0.1, -0.05) is 12.1 Å². The van der Waals surface area contributed by atoms with Crippen molar-refractivity contribution < 1.29 is 4.79 Å². The molecule has 1 aromatic carbocycles. The first-order valence-electron chi connectivity index (χ1n) is 6.13. The number of carbonyl (C=O) groups excluding carboxylic acids is 1. The zero-order valence-corrected chi connectivity index (χ0v) is 11.1. The summed E-state index contributed by atoms with van der Waals surface area (Å²) in [5.41, 5.74) is 9.82. The number of nitrogens with zero attached hydrogens (tertiary/aromatic N) is 1. The van der Waals surface area contributed by atoms with Gasteiger partial charge in [-0.3, -0.25) is 9.78 Å². The summed E-state index contributed by atoms with van der Waals surface area (Å²) in [6.45, 7) is 4.63. The fourth-order valence-electron chi connectivity index (χ4n) is 1.86. The highest BCUT2D eigenvalue weighted by Crippen LogP contribution is 2.14. The third-order valence-electron chi connectivity index (χ3n) is 2.95. The molecule has 0 atom stereocenters. The molecule has 0 spiro atoms. The molecule has 3 N–H and O–H groups in total. The molecule has 2 aromatic rings. The first-order valence-corrected chi connectivity index (χ1v) is 6.13. The Kier molecular flexibility index (Phi) is 3.80. The van der Waals surface area contributed by atoms with E-state index in [-0.39, 0.29) is 0 Å². The lowest BCUT2D eigenvalue weighted by atomic mass is 10.1. The average molecular weight is 255 g/mol. The Bertz CT molecular complexity index is 591. The molecule has 4 heteroatoms. The predicted octanol–water partition coefficient (Wildman–Crippen LogP) is 2.41. The molecule has 0 radical (unpaired) electrons. The largest absolute Gasteiger partial charge is 0.380 e. The van der Waals surface area contributed by atoms with Crippen LogP contribution in [-0.2, 0) is 6.54 Å². The molecule has 98 valence electrons. The monoisotopic (exact) mass is 255 g/mol. The van der Waals surface area contributed by atoms with Gasteiger partial charge in [-0.25, -0.2) is 0 Å². The van der Waals surface area contributed by atoms with Crippen LogP contribution in [0.15, 0.2) is 36.4 Å². The summed E-state index contributed by atoms with van der Waals surface area (Å²) in [4.78, 5) is 15.4. The van der Waals surface area contributed by atoms with E-state index in [0.717, 1.165) is 22.6 Å². The van der Waals surface area contributed by atoms with Gasteiger partial charge in [0.05, 0.1) is 11.4 Å². The van der Waals surface area contributed by atoms with E-state index in [0.29, 0.717) is 12.1 Å². The molecule has 1 amide bonds. The molecule has 2 rings (SSSR count). The smallest absolute Gasteiger partial charge is 0.248 e. The van der Waals surface area contributed by atoms with E-state index in [4.69, 9.17) is 5.73 Å². The van der Waals surface area contributed by atoms with E-state index in [1.54, 1.807) is 12.1 Å². The normalized spacial score (nSPS) is 10.2. The fraction of sp³-hybridized carbons (Fsp3) is 0.200. The highest BCUT2D eigenvalue weighted by atomic mass is 16.1. The van der Waals surface area contributed by atoms with Gasteiger partial charge in [0.1, 0.15) is 0 Å². The molecular weight excluding hydrogens is 238 g/mol. The number of rotatable bonds is 4. The maximum Gasteiger partial charge on any atom is 0.248 e. The lowest BCUT2D eigenvalue weighted by Gasteiger charge is -2.09. The van der Waals surface area contributed by atoms with Crippen molar-refractivity contribution in [2.45, 2.75) is 20.4 Å². The second-order valence-corrected chi connectivity index (χ2v) is 4.50. The van der Waals surface area contributed by atoms with Crippen LogP contribution in [0.3, 0.4) is 0 Å². The molecule has 0 aliphatic carbocycles. The quantitative estimate of drug-likeness (QED) is 0.881. The van der Waals surface area contributed by atoms with E-state index in [9.17, 15) is 4.79 Å². The first-order chi connectivity index (χ1) is 9.06. The molecular formula is C15H17N3O. The Labute approximate surface area is 112 Å². The maximum atomic E-state index is 11.0. The van der Waals surface area contributed by atoms with Crippen LogP contribution in [0.25, 0.3) is 0 Å². The number of hydrogen-bond acceptors (Lipinski definition) is 3.